The molecule has 1 aromatic carbocycles. The highest BCUT2D eigenvalue weighted by Gasteiger charge is 2.31. The van der Waals surface area contributed by atoms with E-state index in [4.69, 9.17) is 0 Å². The molecule has 0 bridgehead atoms. The lowest BCUT2D eigenvalue weighted by Gasteiger charge is -2.37. The van der Waals surface area contributed by atoms with Crippen LogP contribution in [-0.2, 0) is 4.79 Å². The molecule has 9 nitrogen and oxygen atoms in total. The van der Waals surface area contributed by atoms with Gasteiger partial charge < -0.3 is 9.80 Å². The van der Waals surface area contributed by atoms with Crippen molar-refractivity contribution in [1.82, 2.24) is 29.4 Å². The van der Waals surface area contributed by atoms with E-state index in [1.165, 1.54) is 4.68 Å². The van der Waals surface area contributed by atoms with Crippen molar-refractivity contribution in [2.24, 2.45) is 0 Å². The molecule has 4 aromatic rings. The Balaban J connectivity index is 1.45. The van der Waals surface area contributed by atoms with Crippen LogP contribution < -0.4 is 10.5 Å². The number of aryl methyl sites for hydroxylation is 2. The van der Waals surface area contributed by atoms with Gasteiger partial charge in [0.05, 0.1) is 22.5 Å². The number of piperazine rings is 1. The fourth-order valence-corrected chi connectivity index (χ4v) is 4.77. The first-order valence-electron chi connectivity index (χ1n) is 12.0. The van der Waals surface area contributed by atoms with Crippen LogP contribution in [0.2, 0.25) is 0 Å². The lowest BCUT2D eigenvalue weighted by Crippen LogP contribution is -2.51. The molecule has 1 fully saturated rings. The molecule has 1 saturated heterocycles. The number of hydrogen-bond acceptors (Lipinski definition) is 6. The van der Waals surface area contributed by atoms with Crippen molar-refractivity contribution >= 4 is 22.6 Å². The van der Waals surface area contributed by atoms with Crippen molar-refractivity contribution in [3.63, 3.8) is 0 Å². The van der Waals surface area contributed by atoms with Gasteiger partial charge in [0.1, 0.15) is 17.4 Å². The molecule has 9 heteroatoms. The Kier molecular flexibility index (Phi) is 6.07. The average Bonchev–Trinajstić information content (AvgIpc) is 3.26. The van der Waals surface area contributed by atoms with Crippen LogP contribution in [0.5, 0.6) is 0 Å². The number of benzene rings is 1. The van der Waals surface area contributed by atoms with E-state index in [1.807, 2.05) is 74.2 Å². The number of amides is 1. The summed E-state index contributed by atoms with van der Waals surface area (Å²) in [5.41, 5.74) is 2.53. The van der Waals surface area contributed by atoms with Gasteiger partial charge in [0.25, 0.3) is 5.56 Å². The van der Waals surface area contributed by atoms with Crippen molar-refractivity contribution < 1.29 is 4.79 Å². The second kappa shape index (κ2) is 9.32. The third-order valence-corrected chi connectivity index (χ3v) is 6.67. The third-order valence-electron chi connectivity index (χ3n) is 6.67. The van der Waals surface area contributed by atoms with Gasteiger partial charge in [-0.15, -0.1) is 0 Å². The zero-order valence-corrected chi connectivity index (χ0v) is 20.3. The molecule has 1 amide bonds. The van der Waals surface area contributed by atoms with Gasteiger partial charge in [-0.3, -0.25) is 9.59 Å². The summed E-state index contributed by atoms with van der Waals surface area (Å²) in [6.07, 6.45) is 2.25. The standard InChI is InChI=1S/C26H29N7O2/c1-4-21(25(34)31-16-14-30(15-17-31)22-12-8-9-13-27-22)33-26(35)23-19(3)32(20-10-6-5-7-11-20)29-24(23)18(2)28-33/h5-13,21H,4,14-17H2,1-3H3/t21-/m0/s1. The summed E-state index contributed by atoms with van der Waals surface area (Å²) in [7, 11) is 0. The molecule has 4 heterocycles. The molecule has 1 aliphatic rings. The summed E-state index contributed by atoms with van der Waals surface area (Å²) in [4.78, 5) is 35.6. The third kappa shape index (κ3) is 4.07. The molecule has 0 saturated carbocycles. The second-order valence-corrected chi connectivity index (χ2v) is 8.82. The van der Waals surface area contributed by atoms with Crippen LogP contribution in [0.1, 0.15) is 30.8 Å². The molecule has 0 radical (unpaired) electrons. The molecule has 1 atom stereocenters. The molecular formula is C26H29N7O2. The first kappa shape index (κ1) is 22.8. The maximum absolute atomic E-state index is 13.6. The second-order valence-electron chi connectivity index (χ2n) is 8.82. The summed E-state index contributed by atoms with van der Waals surface area (Å²) >= 11 is 0. The Morgan fingerprint density at radius 2 is 1.69 bits per heavy atom. The number of aromatic nitrogens is 5. The van der Waals surface area contributed by atoms with E-state index in [-0.39, 0.29) is 11.5 Å². The number of rotatable bonds is 5. The number of nitrogens with zero attached hydrogens (tertiary/aromatic N) is 7. The molecule has 0 N–H and O–H groups in total. The smallest absolute Gasteiger partial charge is 0.278 e. The largest absolute Gasteiger partial charge is 0.353 e. The minimum atomic E-state index is -0.661. The normalized spacial score (nSPS) is 14.9. The van der Waals surface area contributed by atoms with Gasteiger partial charge in [0.15, 0.2) is 0 Å². The molecule has 35 heavy (non-hydrogen) atoms. The van der Waals surface area contributed by atoms with Crippen LogP contribution in [0.25, 0.3) is 16.6 Å². The average molecular weight is 472 g/mol. The van der Waals surface area contributed by atoms with Crippen LogP contribution >= 0.6 is 0 Å². The first-order valence-corrected chi connectivity index (χ1v) is 12.0. The topological polar surface area (TPSA) is 89.2 Å². The Labute approximate surface area is 203 Å². The highest BCUT2D eigenvalue weighted by molar-refractivity contribution is 5.84. The molecule has 0 unspecified atom stereocenters. The van der Waals surface area contributed by atoms with Gasteiger partial charge in [-0.25, -0.2) is 14.3 Å². The Bertz CT molecular complexity index is 1400. The fourth-order valence-electron chi connectivity index (χ4n) is 4.77. The van der Waals surface area contributed by atoms with E-state index < -0.39 is 6.04 Å². The molecule has 180 valence electrons. The molecule has 0 aliphatic carbocycles. The number of carbonyl (C=O) groups is 1. The van der Waals surface area contributed by atoms with Crippen molar-refractivity contribution in [3.05, 3.63) is 76.5 Å². The van der Waals surface area contributed by atoms with Gasteiger partial charge in [0.2, 0.25) is 5.91 Å². The van der Waals surface area contributed by atoms with E-state index in [0.717, 1.165) is 17.2 Å². The van der Waals surface area contributed by atoms with E-state index in [2.05, 4.69) is 20.1 Å². The first-order chi connectivity index (χ1) is 17.0. The summed E-state index contributed by atoms with van der Waals surface area (Å²) < 4.78 is 3.14. The van der Waals surface area contributed by atoms with Crippen LogP contribution in [0.3, 0.4) is 0 Å². The van der Waals surface area contributed by atoms with Crippen LogP contribution in [-0.4, -0.2) is 61.5 Å². The van der Waals surface area contributed by atoms with Crippen molar-refractivity contribution in [1.29, 1.82) is 0 Å². The SMILES string of the molecule is CC[C@@H](C(=O)N1CCN(c2ccccn2)CC1)n1nc(C)c2nn(-c3ccccc3)c(C)c2c1=O. The number of pyridine rings is 1. The molecule has 3 aromatic heterocycles. The zero-order valence-electron chi connectivity index (χ0n) is 20.3. The summed E-state index contributed by atoms with van der Waals surface area (Å²) in [5.74, 6) is 0.839. The Morgan fingerprint density at radius 3 is 2.34 bits per heavy atom. The summed E-state index contributed by atoms with van der Waals surface area (Å²) in [6, 6.07) is 14.9. The summed E-state index contributed by atoms with van der Waals surface area (Å²) in [6.45, 7) is 8.18. The van der Waals surface area contributed by atoms with Crippen LogP contribution in [0.15, 0.2) is 59.5 Å². The fraction of sp³-hybridized carbons (Fsp3) is 0.346. The zero-order chi connectivity index (χ0) is 24.5. The van der Waals surface area contributed by atoms with Crippen LogP contribution in [0, 0.1) is 13.8 Å². The van der Waals surface area contributed by atoms with E-state index in [9.17, 15) is 9.59 Å². The number of para-hydroxylation sites is 1. The van der Waals surface area contributed by atoms with E-state index in [0.29, 0.717) is 49.2 Å². The lowest BCUT2D eigenvalue weighted by atomic mass is 10.1. The monoisotopic (exact) mass is 471 g/mol. The van der Waals surface area contributed by atoms with E-state index >= 15 is 0 Å². The molecule has 1 aliphatic heterocycles. The Morgan fingerprint density at radius 1 is 0.971 bits per heavy atom. The van der Waals surface area contributed by atoms with Gasteiger partial charge in [-0.1, -0.05) is 31.2 Å². The van der Waals surface area contributed by atoms with Crippen molar-refractivity contribution in [2.75, 3.05) is 31.1 Å². The molecule has 0 spiro atoms. The summed E-state index contributed by atoms with van der Waals surface area (Å²) in [5, 5.41) is 9.74. The van der Waals surface area contributed by atoms with Gasteiger partial charge in [-0.2, -0.15) is 10.2 Å². The Hall–Kier alpha value is -4.01. The quantitative estimate of drug-likeness (QED) is 0.445. The number of hydrogen-bond donors (Lipinski definition) is 0. The maximum atomic E-state index is 13.6. The van der Waals surface area contributed by atoms with Crippen LogP contribution in [0.4, 0.5) is 5.82 Å². The molecular weight excluding hydrogens is 442 g/mol. The minimum absolute atomic E-state index is 0.0744. The van der Waals surface area contributed by atoms with Crippen molar-refractivity contribution in [2.45, 2.75) is 33.2 Å². The van der Waals surface area contributed by atoms with E-state index in [1.54, 1.807) is 10.9 Å². The minimum Gasteiger partial charge on any atom is -0.353 e. The maximum Gasteiger partial charge on any atom is 0.278 e. The van der Waals surface area contributed by atoms with Gasteiger partial charge in [0, 0.05) is 32.4 Å². The predicted molar refractivity (Wildman–Crippen MR) is 135 cm³/mol. The van der Waals surface area contributed by atoms with Gasteiger partial charge in [-0.05, 0) is 44.5 Å². The number of fused-ring (bicyclic) bond motifs is 1. The number of anilines is 1. The highest BCUT2D eigenvalue weighted by atomic mass is 16.2. The van der Waals surface area contributed by atoms with Crippen molar-refractivity contribution in [3.8, 4) is 5.69 Å². The predicted octanol–water partition coefficient (Wildman–Crippen LogP) is 2.89. The highest BCUT2D eigenvalue weighted by Crippen LogP contribution is 2.22. The van der Waals surface area contributed by atoms with Gasteiger partial charge >= 0.3 is 0 Å². The lowest BCUT2D eigenvalue weighted by molar-refractivity contribution is -0.135. The molecule has 5 rings (SSSR count). The number of carbonyl (C=O) groups excluding carboxylic acids is 1.